The molecule has 2 N–H and O–H groups in total. The third-order valence-corrected chi connectivity index (χ3v) is 6.57. The molecule has 176 valence electrons. The number of fused-ring (bicyclic) bond motifs is 1. The van der Waals surface area contributed by atoms with Crippen LogP contribution in [0.1, 0.15) is 36.1 Å². The largest absolute Gasteiger partial charge is 0.508 e. The van der Waals surface area contributed by atoms with Gasteiger partial charge in [-0.15, -0.1) is 0 Å². The molecule has 3 aromatic rings. The zero-order valence-corrected chi connectivity index (χ0v) is 19.1. The summed E-state index contributed by atoms with van der Waals surface area (Å²) < 4.78 is 27.9. The van der Waals surface area contributed by atoms with Crippen molar-refractivity contribution in [3.8, 4) is 23.0 Å². The SMILES string of the molecule is CCC1CN(CCOc2ccc([C@H]3Oc4ccc(O)cc4C(F)=C3c3cccc(O)c3)cc2)C1. The molecule has 1 atom stereocenters. The third-order valence-electron chi connectivity index (χ3n) is 6.57. The molecule has 0 bridgehead atoms. The maximum absolute atomic E-state index is 15.8. The molecule has 5 rings (SSSR count). The Morgan fingerprint density at radius 3 is 2.50 bits per heavy atom. The van der Waals surface area contributed by atoms with Crippen LogP contribution >= 0.6 is 0 Å². The number of phenols is 2. The van der Waals surface area contributed by atoms with Gasteiger partial charge in [-0.3, -0.25) is 4.90 Å². The average molecular weight is 462 g/mol. The molecule has 3 aromatic carbocycles. The molecule has 2 aliphatic heterocycles. The van der Waals surface area contributed by atoms with Gasteiger partial charge in [-0.25, -0.2) is 4.39 Å². The smallest absolute Gasteiger partial charge is 0.152 e. The molecule has 0 saturated carbocycles. The van der Waals surface area contributed by atoms with E-state index in [-0.39, 0.29) is 17.1 Å². The van der Waals surface area contributed by atoms with Crippen LogP contribution in [0.4, 0.5) is 4.39 Å². The summed E-state index contributed by atoms with van der Waals surface area (Å²) in [6, 6.07) is 18.3. The van der Waals surface area contributed by atoms with E-state index in [1.807, 2.05) is 24.3 Å². The van der Waals surface area contributed by atoms with Gasteiger partial charge in [0.2, 0.25) is 0 Å². The lowest BCUT2D eigenvalue weighted by molar-refractivity contribution is 0.0806. The summed E-state index contributed by atoms with van der Waals surface area (Å²) in [5.74, 6) is 1.42. The summed E-state index contributed by atoms with van der Waals surface area (Å²) in [6.45, 7) is 6.05. The molecule has 1 fully saturated rings. The van der Waals surface area contributed by atoms with E-state index in [1.165, 1.54) is 30.7 Å². The van der Waals surface area contributed by atoms with Gasteiger partial charge in [0.05, 0.1) is 5.56 Å². The summed E-state index contributed by atoms with van der Waals surface area (Å²) in [5, 5.41) is 19.9. The summed E-state index contributed by atoms with van der Waals surface area (Å²) in [5.41, 5.74) is 1.75. The monoisotopic (exact) mass is 461 g/mol. The average Bonchev–Trinajstić information content (AvgIpc) is 2.81. The van der Waals surface area contributed by atoms with Crippen LogP contribution in [0.5, 0.6) is 23.0 Å². The maximum atomic E-state index is 15.8. The van der Waals surface area contributed by atoms with E-state index in [0.29, 0.717) is 23.5 Å². The quantitative estimate of drug-likeness (QED) is 0.466. The number of phenolic OH excluding ortho intramolecular Hbond substituents is 2. The Labute approximate surface area is 198 Å². The number of rotatable bonds is 7. The molecule has 1 saturated heterocycles. The highest BCUT2D eigenvalue weighted by Crippen LogP contribution is 2.48. The van der Waals surface area contributed by atoms with Crippen LogP contribution in [0.15, 0.2) is 66.7 Å². The Balaban J connectivity index is 1.38. The van der Waals surface area contributed by atoms with E-state index in [1.54, 1.807) is 18.2 Å². The zero-order valence-electron chi connectivity index (χ0n) is 19.1. The Bertz CT molecular complexity index is 1200. The van der Waals surface area contributed by atoms with Gasteiger partial charge in [0.1, 0.15) is 35.4 Å². The molecule has 0 aliphatic carbocycles. The predicted octanol–water partition coefficient (Wildman–Crippen LogP) is 5.79. The first-order valence-corrected chi connectivity index (χ1v) is 11.7. The molecular weight excluding hydrogens is 433 g/mol. The molecule has 6 heteroatoms. The second-order valence-corrected chi connectivity index (χ2v) is 8.91. The van der Waals surface area contributed by atoms with E-state index < -0.39 is 11.9 Å². The van der Waals surface area contributed by atoms with Crippen molar-refractivity contribution >= 4 is 11.4 Å². The van der Waals surface area contributed by atoms with Crippen LogP contribution in [0.3, 0.4) is 0 Å². The Morgan fingerprint density at radius 1 is 1.00 bits per heavy atom. The van der Waals surface area contributed by atoms with Crippen molar-refractivity contribution in [3.05, 3.63) is 83.4 Å². The van der Waals surface area contributed by atoms with Gasteiger partial charge in [-0.1, -0.05) is 37.6 Å². The molecule has 2 heterocycles. The van der Waals surface area contributed by atoms with Crippen LogP contribution in [-0.4, -0.2) is 41.4 Å². The first-order valence-electron chi connectivity index (χ1n) is 11.7. The highest BCUT2D eigenvalue weighted by molar-refractivity contribution is 5.93. The van der Waals surface area contributed by atoms with E-state index in [9.17, 15) is 10.2 Å². The van der Waals surface area contributed by atoms with Crippen molar-refractivity contribution in [3.63, 3.8) is 0 Å². The number of hydrogen-bond acceptors (Lipinski definition) is 5. The second kappa shape index (κ2) is 9.39. The zero-order chi connectivity index (χ0) is 23.7. The third kappa shape index (κ3) is 4.46. The number of hydrogen-bond donors (Lipinski definition) is 2. The molecule has 0 unspecified atom stereocenters. The van der Waals surface area contributed by atoms with Crippen LogP contribution in [-0.2, 0) is 0 Å². The van der Waals surface area contributed by atoms with Gasteiger partial charge in [0.15, 0.2) is 6.10 Å². The van der Waals surface area contributed by atoms with E-state index in [4.69, 9.17) is 9.47 Å². The normalized spacial score (nSPS) is 18.2. The lowest BCUT2D eigenvalue weighted by Gasteiger charge is -2.38. The van der Waals surface area contributed by atoms with Crippen molar-refractivity contribution in [1.29, 1.82) is 0 Å². The lowest BCUT2D eigenvalue weighted by atomic mass is 9.90. The molecule has 0 spiro atoms. The summed E-state index contributed by atoms with van der Waals surface area (Å²) in [4.78, 5) is 2.39. The van der Waals surface area contributed by atoms with Crippen LogP contribution in [0.25, 0.3) is 11.4 Å². The molecule has 0 radical (unpaired) electrons. The Hall–Kier alpha value is -3.51. The molecule has 0 amide bonds. The van der Waals surface area contributed by atoms with Crippen molar-refractivity contribution in [2.24, 2.45) is 5.92 Å². The van der Waals surface area contributed by atoms with Crippen LogP contribution < -0.4 is 9.47 Å². The summed E-state index contributed by atoms with van der Waals surface area (Å²) >= 11 is 0. The van der Waals surface area contributed by atoms with Gasteiger partial charge in [-0.05, 0) is 59.5 Å². The Kier molecular flexibility index (Phi) is 6.16. The number of aromatic hydroxyl groups is 2. The number of halogens is 1. The second-order valence-electron chi connectivity index (χ2n) is 8.91. The topological polar surface area (TPSA) is 62.2 Å². The van der Waals surface area contributed by atoms with Gasteiger partial charge >= 0.3 is 0 Å². The van der Waals surface area contributed by atoms with Crippen molar-refractivity contribution in [2.75, 3.05) is 26.2 Å². The number of ether oxygens (including phenoxy) is 2. The van der Waals surface area contributed by atoms with E-state index in [2.05, 4.69) is 11.8 Å². The van der Waals surface area contributed by atoms with Gasteiger partial charge in [0.25, 0.3) is 0 Å². The fourth-order valence-corrected chi connectivity index (χ4v) is 4.57. The molecule has 0 aromatic heterocycles. The predicted molar refractivity (Wildman–Crippen MR) is 130 cm³/mol. The standard InChI is InChI=1S/C28H28FNO4/c1-2-18-16-30(17-18)12-13-33-23-9-6-19(7-10-23)28-26(20-4-3-5-21(31)14-20)27(29)24-15-22(32)8-11-25(24)34-28/h3-11,14-15,18,28,31-32H,2,12-13,16-17H2,1H3/t28-/m1/s1. The van der Waals surface area contributed by atoms with Crippen molar-refractivity contribution in [1.82, 2.24) is 4.90 Å². The number of benzene rings is 3. The number of nitrogens with zero attached hydrogens (tertiary/aromatic N) is 1. The summed E-state index contributed by atoms with van der Waals surface area (Å²) in [7, 11) is 0. The van der Waals surface area contributed by atoms with Crippen molar-refractivity contribution in [2.45, 2.75) is 19.4 Å². The first-order chi connectivity index (χ1) is 16.5. The first kappa shape index (κ1) is 22.3. The summed E-state index contributed by atoms with van der Waals surface area (Å²) in [6.07, 6.45) is 0.507. The molecule has 5 nitrogen and oxygen atoms in total. The fourth-order valence-electron chi connectivity index (χ4n) is 4.57. The fraction of sp³-hybridized carbons (Fsp3) is 0.286. The highest BCUT2D eigenvalue weighted by Gasteiger charge is 2.32. The maximum Gasteiger partial charge on any atom is 0.152 e. The van der Waals surface area contributed by atoms with Crippen LogP contribution in [0, 0.1) is 5.92 Å². The number of likely N-dealkylation sites (tertiary alicyclic amines) is 1. The lowest BCUT2D eigenvalue weighted by Crippen LogP contribution is -2.47. The van der Waals surface area contributed by atoms with E-state index in [0.717, 1.165) is 36.9 Å². The Morgan fingerprint density at radius 2 is 1.76 bits per heavy atom. The van der Waals surface area contributed by atoms with Crippen molar-refractivity contribution < 1.29 is 24.1 Å². The van der Waals surface area contributed by atoms with Gasteiger partial charge < -0.3 is 19.7 Å². The minimum absolute atomic E-state index is 0.0365. The highest BCUT2D eigenvalue weighted by atomic mass is 19.1. The molecule has 2 aliphatic rings. The minimum Gasteiger partial charge on any atom is -0.508 e. The molecular formula is C28H28FNO4. The molecule has 34 heavy (non-hydrogen) atoms. The van der Waals surface area contributed by atoms with Crippen LogP contribution in [0.2, 0.25) is 0 Å². The minimum atomic E-state index is -0.722. The van der Waals surface area contributed by atoms with Gasteiger partial charge in [-0.2, -0.15) is 0 Å². The van der Waals surface area contributed by atoms with E-state index >= 15 is 4.39 Å². The van der Waals surface area contributed by atoms with Gasteiger partial charge in [0, 0.05) is 25.2 Å².